The number of hydrogen-bond acceptors (Lipinski definition) is 6. The van der Waals surface area contributed by atoms with Crippen LogP contribution in [-0.4, -0.2) is 37.2 Å². The zero-order valence-electron chi connectivity index (χ0n) is 40.9. The maximum Gasteiger partial charge on any atom is 0.306 e. The summed E-state index contributed by atoms with van der Waals surface area (Å²) in [5, 5.41) is 0. The Kier molecular flexibility index (Phi) is 48.4. The Bertz CT molecular complexity index is 1130. The van der Waals surface area contributed by atoms with Crippen molar-refractivity contribution in [2.45, 2.75) is 264 Å². The van der Waals surface area contributed by atoms with E-state index in [2.05, 4.69) is 81.5 Å². The Hall–Kier alpha value is -2.89. The van der Waals surface area contributed by atoms with Crippen molar-refractivity contribution in [3.63, 3.8) is 0 Å². The minimum absolute atomic E-state index is 0.0965. The summed E-state index contributed by atoms with van der Waals surface area (Å²) in [6.45, 7) is 6.56. The van der Waals surface area contributed by atoms with E-state index in [1.54, 1.807) is 0 Å². The van der Waals surface area contributed by atoms with E-state index in [1.165, 1.54) is 141 Å². The lowest BCUT2D eigenvalue weighted by atomic mass is 10.0. The molecule has 0 amide bonds. The standard InChI is InChI=1S/C56H98O6/c1-4-7-10-13-16-19-22-25-27-28-30-32-35-38-41-44-47-50-56(59)62-53(51-60-54(57)48-45-42-39-36-33-24-21-18-15-12-9-6-3)52-61-55(58)49-46-43-40-37-34-31-29-26-23-20-17-14-11-8-5-2/h16,19,25-27,29-30,32,38,41,53H,4-15,17-18,20-24,28,31,33-37,39-40,42-52H2,1-3H3/b19-16-,27-25-,29-26-,32-30-,41-38-/t53-/m0/s1. The maximum atomic E-state index is 12.8. The van der Waals surface area contributed by atoms with Crippen LogP contribution in [0, 0.1) is 0 Å². The lowest BCUT2D eigenvalue weighted by Gasteiger charge is -2.18. The first kappa shape index (κ1) is 59.1. The molecule has 6 nitrogen and oxygen atoms in total. The summed E-state index contributed by atoms with van der Waals surface area (Å²) in [6.07, 6.45) is 62.0. The minimum Gasteiger partial charge on any atom is -0.462 e. The Morgan fingerprint density at radius 3 is 1.00 bits per heavy atom. The van der Waals surface area contributed by atoms with Crippen molar-refractivity contribution in [2.75, 3.05) is 13.2 Å². The predicted molar refractivity (Wildman–Crippen MR) is 265 cm³/mol. The average Bonchev–Trinajstić information content (AvgIpc) is 3.27. The molecule has 0 fully saturated rings. The van der Waals surface area contributed by atoms with Crippen LogP contribution in [0.5, 0.6) is 0 Å². The predicted octanol–water partition coefficient (Wildman–Crippen LogP) is 17.3. The fourth-order valence-electron chi connectivity index (χ4n) is 7.25. The van der Waals surface area contributed by atoms with E-state index in [1.807, 2.05) is 0 Å². The molecule has 0 heterocycles. The molecule has 0 N–H and O–H groups in total. The van der Waals surface area contributed by atoms with Crippen molar-refractivity contribution in [3.05, 3.63) is 60.8 Å². The number of hydrogen-bond donors (Lipinski definition) is 0. The van der Waals surface area contributed by atoms with E-state index in [9.17, 15) is 14.4 Å². The second-order valence-electron chi connectivity index (χ2n) is 17.4. The summed E-state index contributed by atoms with van der Waals surface area (Å²) in [5.41, 5.74) is 0. The van der Waals surface area contributed by atoms with Crippen LogP contribution in [-0.2, 0) is 28.6 Å². The summed E-state index contributed by atoms with van der Waals surface area (Å²) in [4.78, 5) is 37.9. The van der Waals surface area contributed by atoms with Crippen molar-refractivity contribution in [1.29, 1.82) is 0 Å². The summed E-state index contributed by atoms with van der Waals surface area (Å²) >= 11 is 0. The van der Waals surface area contributed by atoms with Gasteiger partial charge < -0.3 is 14.2 Å². The average molecular weight is 867 g/mol. The van der Waals surface area contributed by atoms with Crippen LogP contribution in [0.2, 0.25) is 0 Å². The molecule has 6 heteroatoms. The van der Waals surface area contributed by atoms with Gasteiger partial charge in [-0.05, 0) is 83.5 Å². The number of allylic oxidation sites excluding steroid dienone is 10. The van der Waals surface area contributed by atoms with Gasteiger partial charge in [0.15, 0.2) is 6.10 Å². The van der Waals surface area contributed by atoms with Crippen LogP contribution in [0.4, 0.5) is 0 Å². The number of unbranched alkanes of at least 4 members (excludes halogenated alkanes) is 26. The molecule has 0 rings (SSSR count). The highest BCUT2D eigenvalue weighted by Gasteiger charge is 2.19. The molecule has 0 bridgehead atoms. The van der Waals surface area contributed by atoms with Crippen molar-refractivity contribution in [2.24, 2.45) is 0 Å². The molecule has 0 aliphatic heterocycles. The molecule has 358 valence electrons. The fourth-order valence-corrected chi connectivity index (χ4v) is 7.25. The van der Waals surface area contributed by atoms with E-state index >= 15 is 0 Å². The van der Waals surface area contributed by atoms with Crippen molar-refractivity contribution < 1.29 is 28.6 Å². The second-order valence-corrected chi connectivity index (χ2v) is 17.4. The lowest BCUT2D eigenvalue weighted by molar-refractivity contribution is -0.167. The molecular weight excluding hydrogens is 769 g/mol. The van der Waals surface area contributed by atoms with E-state index in [0.29, 0.717) is 19.3 Å². The summed E-state index contributed by atoms with van der Waals surface area (Å²) in [6, 6.07) is 0. The van der Waals surface area contributed by atoms with Crippen LogP contribution < -0.4 is 0 Å². The van der Waals surface area contributed by atoms with Crippen LogP contribution in [0.1, 0.15) is 258 Å². The topological polar surface area (TPSA) is 78.9 Å². The van der Waals surface area contributed by atoms with Gasteiger partial charge in [-0.25, -0.2) is 0 Å². The molecule has 0 saturated carbocycles. The van der Waals surface area contributed by atoms with Crippen molar-refractivity contribution in [1.82, 2.24) is 0 Å². The van der Waals surface area contributed by atoms with Crippen molar-refractivity contribution in [3.8, 4) is 0 Å². The SMILES string of the molecule is CCCCC/C=C\C/C=C\C/C=C\C/C=C\CCCC(=O)O[C@H](COC(=O)CCCCCCC/C=C\CCCCCCCC)COC(=O)CCCCCCCCCCCCCC. The van der Waals surface area contributed by atoms with Crippen LogP contribution in [0.15, 0.2) is 60.8 Å². The summed E-state index contributed by atoms with van der Waals surface area (Å²) in [5.74, 6) is -0.957. The van der Waals surface area contributed by atoms with E-state index < -0.39 is 6.10 Å². The molecule has 0 unspecified atom stereocenters. The van der Waals surface area contributed by atoms with Gasteiger partial charge in [-0.3, -0.25) is 14.4 Å². The van der Waals surface area contributed by atoms with E-state index in [0.717, 1.165) is 70.6 Å². The third-order valence-corrected chi connectivity index (χ3v) is 11.2. The Morgan fingerprint density at radius 2 is 0.597 bits per heavy atom. The molecule has 0 radical (unpaired) electrons. The van der Waals surface area contributed by atoms with Gasteiger partial charge in [-0.2, -0.15) is 0 Å². The van der Waals surface area contributed by atoms with Gasteiger partial charge in [0.25, 0.3) is 0 Å². The third-order valence-electron chi connectivity index (χ3n) is 11.2. The zero-order valence-corrected chi connectivity index (χ0v) is 40.9. The molecule has 0 saturated heterocycles. The first-order chi connectivity index (χ1) is 30.5. The highest BCUT2D eigenvalue weighted by atomic mass is 16.6. The molecular formula is C56H98O6. The number of rotatable bonds is 47. The van der Waals surface area contributed by atoms with Gasteiger partial charge in [-0.15, -0.1) is 0 Å². The molecule has 0 aromatic heterocycles. The Morgan fingerprint density at radius 1 is 0.323 bits per heavy atom. The van der Waals surface area contributed by atoms with Crippen LogP contribution >= 0.6 is 0 Å². The van der Waals surface area contributed by atoms with Gasteiger partial charge >= 0.3 is 17.9 Å². The molecule has 0 aliphatic rings. The third kappa shape index (κ3) is 48.1. The first-order valence-electron chi connectivity index (χ1n) is 26.3. The smallest absolute Gasteiger partial charge is 0.306 e. The van der Waals surface area contributed by atoms with E-state index in [4.69, 9.17) is 14.2 Å². The molecule has 0 aliphatic carbocycles. The quantitative estimate of drug-likeness (QED) is 0.0262. The second kappa shape index (κ2) is 50.8. The number of carbonyl (C=O) groups excluding carboxylic acids is 3. The summed E-state index contributed by atoms with van der Waals surface area (Å²) < 4.78 is 16.7. The largest absolute Gasteiger partial charge is 0.462 e. The Labute approximate surface area is 383 Å². The number of ether oxygens (including phenoxy) is 3. The minimum atomic E-state index is -0.803. The lowest BCUT2D eigenvalue weighted by Crippen LogP contribution is -2.30. The molecule has 0 spiro atoms. The maximum absolute atomic E-state index is 12.8. The normalized spacial score (nSPS) is 12.5. The molecule has 62 heavy (non-hydrogen) atoms. The highest BCUT2D eigenvalue weighted by Crippen LogP contribution is 2.14. The van der Waals surface area contributed by atoms with Gasteiger partial charge in [-0.1, -0.05) is 216 Å². The highest BCUT2D eigenvalue weighted by molar-refractivity contribution is 5.71. The molecule has 0 aromatic carbocycles. The monoisotopic (exact) mass is 867 g/mol. The van der Waals surface area contributed by atoms with Crippen LogP contribution in [0.25, 0.3) is 0 Å². The van der Waals surface area contributed by atoms with Gasteiger partial charge in [0.2, 0.25) is 0 Å². The van der Waals surface area contributed by atoms with Gasteiger partial charge in [0.05, 0.1) is 0 Å². The van der Waals surface area contributed by atoms with E-state index in [-0.39, 0.29) is 37.5 Å². The van der Waals surface area contributed by atoms with Gasteiger partial charge in [0, 0.05) is 19.3 Å². The Balaban J connectivity index is 4.47. The molecule has 1 atom stereocenters. The number of carbonyl (C=O) groups is 3. The van der Waals surface area contributed by atoms with Gasteiger partial charge in [0.1, 0.15) is 13.2 Å². The summed E-state index contributed by atoms with van der Waals surface area (Å²) in [7, 11) is 0. The fraction of sp³-hybridized carbons (Fsp3) is 0.768. The zero-order chi connectivity index (χ0) is 45.1. The molecule has 0 aromatic rings. The van der Waals surface area contributed by atoms with Crippen LogP contribution in [0.3, 0.4) is 0 Å². The van der Waals surface area contributed by atoms with Crippen molar-refractivity contribution >= 4 is 17.9 Å². The first-order valence-corrected chi connectivity index (χ1v) is 26.3. The number of esters is 3.